The number of aryl methyl sites for hydroxylation is 1. The molecule has 2 amide bonds. The predicted octanol–water partition coefficient (Wildman–Crippen LogP) is 4.65. The van der Waals surface area contributed by atoms with Crippen molar-refractivity contribution in [1.29, 1.82) is 0 Å². The Labute approximate surface area is 185 Å². The van der Waals surface area contributed by atoms with E-state index in [9.17, 15) is 18.0 Å². The maximum absolute atomic E-state index is 12.6. The largest absolute Gasteiger partial charge is 0.443 e. The highest BCUT2D eigenvalue weighted by atomic mass is 32.2. The van der Waals surface area contributed by atoms with Gasteiger partial charge in [0.05, 0.1) is 11.5 Å². The average molecular weight is 456 g/mol. The van der Waals surface area contributed by atoms with Crippen molar-refractivity contribution < 1.29 is 31.7 Å². The van der Waals surface area contributed by atoms with Gasteiger partial charge in [0.1, 0.15) is 11.2 Å². The summed E-state index contributed by atoms with van der Waals surface area (Å²) < 4.78 is 40.6. The third-order valence-corrected chi connectivity index (χ3v) is 5.82. The molecule has 8 nitrogen and oxygen atoms in total. The molecule has 0 spiro atoms. The first kappa shape index (κ1) is 25.1. The lowest BCUT2D eigenvalue weighted by molar-refractivity contribution is -0.0252. The molecule has 2 rings (SSSR count). The van der Waals surface area contributed by atoms with Gasteiger partial charge in [0, 0.05) is 6.04 Å². The van der Waals surface area contributed by atoms with E-state index >= 15 is 0 Å². The highest BCUT2D eigenvalue weighted by Gasteiger charge is 2.43. The molecule has 174 valence electrons. The fraction of sp³-hybridized carbons (Fsp3) is 0.636. The lowest BCUT2D eigenvalue weighted by atomic mass is 9.80. The summed E-state index contributed by atoms with van der Waals surface area (Å²) in [6.07, 6.45) is -0.749. The first-order valence-corrected chi connectivity index (χ1v) is 11.7. The molecule has 1 saturated carbocycles. The molecule has 0 unspecified atom stereocenters. The van der Waals surface area contributed by atoms with Crippen LogP contribution in [0, 0.1) is 12.8 Å². The highest BCUT2D eigenvalue weighted by Crippen LogP contribution is 2.34. The van der Waals surface area contributed by atoms with Gasteiger partial charge in [-0.3, -0.25) is 4.18 Å². The SMILES string of the molecule is Cc1ccc(S(=O)(=O)OCC2CC(N(C(=O)OC(C)(C)C)C(=O)OC(C)(C)C)C2)cc1. The van der Waals surface area contributed by atoms with Gasteiger partial charge in [-0.1, -0.05) is 17.7 Å². The Balaban J connectivity index is 2.00. The normalized spacial score (nSPS) is 19.3. The van der Waals surface area contributed by atoms with Crippen molar-refractivity contribution in [2.45, 2.75) is 83.4 Å². The van der Waals surface area contributed by atoms with Crippen molar-refractivity contribution in [3.63, 3.8) is 0 Å². The smallest absolute Gasteiger partial charge is 0.420 e. The van der Waals surface area contributed by atoms with Crippen LogP contribution in [-0.2, 0) is 23.8 Å². The number of benzene rings is 1. The summed E-state index contributed by atoms with van der Waals surface area (Å²) >= 11 is 0. The van der Waals surface area contributed by atoms with Crippen LogP contribution in [0.3, 0.4) is 0 Å². The van der Waals surface area contributed by atoms with Crippen molar-refractivity contribution in [3.8, 4) is 0 Å². The van der Waals surface area contributed by atoms with Crippen LogP contribution < -0.4 is 0 Å². The van der Waals surface area contributed by atoms with Crippen molar-refractivity contribution in [2.24, 2.45) is 5.92 Å². The fourth-order valence-corrected chi connectivity index (χ4v) is 3.98. The quantitative estimate of drug-likeness (QED) is 0.596. The molecule has 1 fully saturated rings. The van der Waals surface area contributed by atoms with Gasteiger partial charge < -0.3 is 9.47 Å². The summed E-state index contributed by atoms with van der Waals surface area (Å²) in [6, 6.07) is 5.96. The van der Waals surface area contributed by atoms with E-state index in [4.69, 9.17) is 13.7 Å². The van der Waals surface area contributed by atoms with Gasteiger partial charge in [-0.05, 0) is 79.4 Å². The van der Waals surface area contributed by atoms with Gasteiger partial charge in [0.15, 0.2) is 0 Å². The Morgan fingerprint density at radius 3 is 1.81 bits per heavy atom. The Kier molecular flexibility index (Phi) is 7.43. The van der Waals surface area contributed by atoms with Crippen molar-refractivity contribution >= 4 is 22.3 Å². The minimum absolute atomic E-state index is 0.0246. The third-order valence-electron chi connectivity index (χ3n) is 4.52. The van der Waals surface area contributed by atoms with Crippen molar-refractivity contribution in [3.05, 3.63) is 29.8 Å². The van der Waals surface area contributed by atoms with Crippen LogP contribution in [0.25, 0.3) is 0 Å². The Morgan fingerprint density at radius 1 is 0.935 bits per heavy atom. The van der Waals surface area contributed by atoms with Crippen LogP contribution in [0.2, 0.25) is 0 Å². The lowest BCUT2D eigenvalue weighted by Gasteiger charge is -2.41. The Hall–Kier alpha value is -2.13. The molecule has 0 atom stereocenters. The molecule has 1 aliphatic carbocycles. The molecule has 9 heteroatoms. The molecule has 0 N–H and O–H groups in total. The van der Waals surface area contributed by atoms with Crippen molar-refractivity contribution in [1.82, 2.24) is 4.90 Å². The number of hydrogen-bond donors (Lipinski definition) is 0. The number of ether oxygens (including phenoxy) is 2. The standard InChI is InChI=1S/C22H33NO7S/c1-15-8-10-18(11-9-15)31(26,27)28-14-16-12-17(13-16)23(19(24)29-21(2,3)4)20(25)30-22(5,6)7/h8-11,16-17H,12-14H2,1-7H3. The number of carbonyl (C=O) groups is 2. The summed E-state index contributed by atoms with van der Waals surface area (Å²) in [5.74, 6) is -0.113. The van der Waals surface area contributed by atoms with Gasteiger partial charge >= 0.3 is 12.2 Å². The van der Waals surface area contributed by atoms with Gasteiger partial charge in [0.25, 0.3) is 10.1 Å². The highest BCUT2D eigenvalue weighted by molar-refractivity contribution is 7.86. The molecular weight excluding hydrogens is 422 g/mol. The second kappa shape index (κ2) is 9.16. The zero-order chi connectivity index (χ0) is 23.6. The first-order chi connectivity index (χ1) is 14.1. The summed E-state index contributed by atoms with van der Waals surface area (Å²) in [5, 5.41) is 0. The van der Waals surface area contributed by atoms with Crippen LogP contribution in [-0.4, -0.2) is 49.4 Å². The van der Waals surface area contributed by atoms with Crippen LogP contribution in [0.15, 0.2) is 29.2 Å². The number of amides is 2. The average Bonchev–Trinajstić information content (AvgIpc) is 2.53. The van der Waals surface area contributed by atoms with Gasteiger partial charge in [-0.2, -0.15) is 8.42 Å². The number of nitrogens with zero attached hydrogens (tertiary/aromatic N) is 1. The van der Waals surface area contributed by atoms with Crippen LogP contribution in [0.1, 0.15) is 59.9 Å². The molecule has 0 aliphatic heterocycles. The number of imide groups is 1. The Bertz CT molecular complexity index is 861. The third kappa shape index (κ3) is 7.50. The lowest BCUT2D eigenvalue weighted by Crippen LogP contribution is -2.54. The molecule has 1 aromatic rings. The van der Waals surface area contributed by atoms with E-state index in [1.54, 1.807) is 53.7 Å². The van der Waals surface area contributed by atoms with E-state index < -0.39 is 39.5 Å². The molecule has 0 heterocycles. The zero-order valence-electron chi connectivity index (χ0n) is 19.3. The van der Waals surface area contributed by atoms with E-state index in [0.717, 1.165) is 10.5 Å². The summed E-state index contributed by atoms with van der Waals surface area (Å²) in [6.45, 7) is 12.1. The van der Waals surface area contributed by atoms with E-state index in [1.165, 1.54) is 12.1 Å². The van der Waals surface area contributed by atoms with E-state index in [1.807, 2.05) is 6.92 Å². The van der Waals surface area contributed by atoms with Crippen LogP contribution >= 0.6 is 0 Å². The van der Waals surface area contributed by atoms with Crippen molar-refractivity contribution in [2.75, 3.05) is 6.61 Å². The first-order valence-electron chi connectivity index (χ1n) is 10.3. The fourth-order valence-electron chi connectivity index (χ4n) is 3.00. The predicted molar refractivity (Wildman–Crippen MR) is 115 cm³/mol. The molecule has 0 aromatic heterocycles. The van der Waals surface area contributed by atoms with Crippen LogP contribution in [0.4, 0.5) is 9.59 Å². The maximum Gasteiger partial charge on any atom is 0.420 e. The van der Waals surface area contributed by atoms with E-state index in [2.05, 4.69) is 0 Å². The van der Waals surface area contributed by atoms with E-state index in [-0.39, 0.29) is 17.4 Å². The zero-order valence-corrected chi connectivity index (χ0v) is 20.1. The second-order valence-corrected chi connectivity index (χ2v) is 11.5. The minimum Gasteiger partial charge on any atom is -0.443 e. The summed E-state index contributed by atoms with van der Waals surface area (Å²) in [4.78, 5) is 26.3. The molecule has 1 aliphatic rings. The number of carbonyl (C=O) groups excluding carboxylic acids is 2. The molecule has 1 aromatic carbocycles. The monoisotopic (exact) mass is 455 g/mol. The van der Waals surface area contributed by atoms with E-state index in [0.29, 0.717) is 12.8 Å². The second-order valence-electron chi connectivity index (χ2n) is 9.87. The number of hydrogen-bond acceptors (Lipinski definition) is 7. The molecule has 31 heavy (non-hydrogen) atoms. The molecule has 0 saturated heterocycles. The van der Waals surface area contributed by atoms with Crippen LogP contribution in [0.5, 0.6) is 0 Å². The molecular formula is C22H33NO7S. The molecule has 0 radical (unpaired) electrons. The number of rotatable bonds is 5. The topological polar surface area (TPSA) is 99.2 Å². The molecule has 0 bridgehead atoms. The van der Waals surface area contributed by atoms with Gasteiger partial charge in [-0.15, -0.1) is 0 Å². The van der Waals surface area contributed by atoms with Gasteiger partial charge in [-0.25, -0.2) is 14.5 Å². The Morgan fingerprint density at radius 2 is 1.39 bits per heavy atom. The minimum atomic E-state index is -3.86. The summed E-state index contributed by atoms with van der Waals surface area (Å²) in [7, 11) is -3.86. The summed E-state index contributed by atoms with van der Waals surface area (Å²) in [5.41, 5.74) is -0.595. The maximum atomic E-state index is 12.6. The van der Waals surface area contributed by atoms with Gasteiger partial charge in [0.2, 0.25) is 0 Å².